The van der Waals surface area contributed by atoms with Crippen LogP contribution in [0.25, 0.3) is 0 Å². The molecule has 0 N–H and O–H groups in total. The molecule has 0 bridgehead atoms. The van der Waals surface area contributed by atoms with E-state index in [0.29, 0.717) is 18.7 Å². The first-order valence-corrected chi connectivity index (χ1v) is 9.76. The van der Waals surface area contributed by atoms with E-state index in [9.17, 15) is 9.59 Å². The summed E-state index contributed by atoms with van der Waals surface area (Å²) in [4.78, 5) is 30.0. The van der Waals surface area contributed by atoms with E-state index < -0.39 is 5.60 Å². The van der Waals surface area contributed by atoms with Gasteiger partial charge in [0.15, 0.2) is 5.78 Å². The molecule has 148 valence electrons. The average molecular weight is 380 g/mol. The van der Waals surface area contributed by atoms with E-state index in [-0.39, 0.29) is 11.9 Å². The number of hydrogen-bond acceptors (Lipinski definition) is 4. The highest BCUT2D eigenvalue weighted by Crippen LogP contribution is 2.21. The number of Topliss-reactive ketones (excluding diaryl/α,β-unsaturated/α-hetero) is 1. The van der Waals surface area contributed by atoms with Crippen molar-refractivity contribution in [3.63, 3.8) is 0 Å². The molecule has 5 nitrogen and oxygen atoms in total. The molecule has 0 saturated heterocycles. The van der Waals surface area contributed by atoms with Gasteiger partial charge in [0.2, 0.25) is 0 Å². The minimum atomic E-state index is -0.478. The van der Waals surface area contributed by atoms with Crippen LogP contribution in [0.5, 0.6) is 0 Å². The Hall–Kier alpha value is -2.69. The maximum Gasteiger partial charge on any atom is 0.410 e. The Labute approximate surface area is 166 Å². The average Bonchev–Trinajstić information content (AvgIpc) is 2.83. The molecule has 0 aliphatic carbocycles. The predicted octanol–water partition coefficient (Wildman–Crippen LogP) is 4.21. The zero-order valence-electron chi connectivity index (χ0n) is 17.1. The van der Waals surface area contributed by atoms with Gasteiger partial charge in [0.1, 0.15) is 5.60 Å². The quantitative estimate of drug-likeness (QED) is 0.749. The third-order valence-corrected chi connectivity index (χ3v) is 4.84. The Morgan fingerprint density at radius 2 is 1.79 bits per heavy atom. The number of rotatable bonds is 3. The van der Waals surface area contributed by atoms with Crippen LogP contribution in [-0.2, 0) is 24.0 Å². The Bertz CT molecular complexity index is 866. The first kappa shape index (κ1) is 20.1. The number of nitrogens with zero attached hydrogens (tertiary/aromatic N) is 2. The second-order valence-corrected chi connectivity index (χ2v) is 8.34. The normalized spacial score (nSPS) is 14.2. The summed E-state index contributed by atoms with van der Waals surface area (Å²) in [5.41, 5.74) is 4.85. The molecular weight excluding hydrogens is 352 g/mol. The fraction of sp³-hybridized carbons (Fsp3) is 0.435. The van der Waals surface area contributed by atoms with Gasteiger partial charge in [-0.2, -0.15) is 0 Å². The number of ketones is 1. The lowest BCUT2D eigenvalue weighted by molar-refractivity contribution is 0.0258. The fourth-order valence-corrected chi connectivity index (χ4v) is 3.34. The molecule has 3 rings (SSSR count). The Balaban J connectivity index is 1.68. The van der Waals surface area contributed by atoms with Crippen LogP contribution in [-0.4, -0.2) is 40.5 Å². The number of aromatic nitrogens is 1. The molecule has 1 aromatic carbocycles. The summed E-state index contributed by atoms with van der Waals surface area (Å²) in [6, 6.07) is 10.2. The van der Waals surface area contributed by atoms with E-state index >= 15 is 0 Å². The minimum absolute atomic E-state index is 0.0265. The van der Waals surface area contributed by atoms with Crippen molar-refractivity contribution in [3.8, 4) is 0 Å². The molecule has 0 unspecified atom stereocenters. The number of benzene rings is 1. The van der Waals surface area contributed by atoms with Crippen molar-refractivity contribution >= 4 is 11.9 Å². The van der Waals surface area contributed by atoms with Crippen LogP contribution in [0.4, 0.5) is 4.79 Å². The van der Waals surface area contributed by atoms with E-state index in [2.05, 4.69) is 23.2 Å². The van der Waals surface area contributed by atoms with Crippen LogP contribution in [0.3, 0.4) is 0 Å². The molecule has 5 heteroatoms. The third kappa shape index (κ3) is 5.18. The van der Waals surface area contributed by atoms with Gasteiger partial charge in [-0.1, -0.05) is 18.2 Å². The van der Waals surface area contributed by atoms with Gasteiger partial charge < -0.3 is 9.64 Å². The van der Waals surface area contributed by atoms with Crippen molar-refractivity contribution < 1.29 is 14.3 Å². The lowest BCUT2D eigenvalue weighted by Crippen LogP contribution is -2.38. The number of fused-ring (bicyclic) bond motifs is 1. The summed E-state index contributed by atoms with van der Waals surface area (Å²) in [6.07, 6.45) is 3.77. The molecule has 0 fully saturated rings. The molecule has 2 aromatic rings. The highest BCUT2D eigenvalue weighted by Gasteiger charge is 2.24. The van der Waals surface area contributed by atoms with E-state index in [1.807, 2.05) is 32.9 Å². The second-order valence-electron chi connectivity index (χ2n) is 8.34. The summed E-state index contributed by atoms with van der Waals surface area (Å²) >= 11 is 0. The van der Waals surface area contributed by atoms with Crippen LogP contribution in [0.1, 0.15) is 60.4 Å². The second kappa shape index (κ2) is 8.13. The van der Waals surface area contributed by atoms with Crippen molar-refractivity contribution in [2.24, 2.45) is 0 Å². The summed E-state index contributed by atoms with van der Waals surface area (Å²) in [7, 11) is 0. The molecule has 0 spiro atoms. The maximum absolute atomic E-state index is 12.4. The van der Waals surface area contributed by atoms with E-state index in [1.165, 1.54) is 16.7 Å². The predicted molar refractivity (Wildman–Crippen MR) is 109 cm³/mol. The highest BCUT2D eigenvalue weighted by atomic mass is 16.6. The largest absolute Gasteiger partial charge is 0.444 e. The zero-order chi connectivity index (χ0) is 20.3. The van der Waals surface area contributed by atoms with Gasteiger partial charge in [0.05, 0.1) is 0 Å². The van der Waals surface area contributed by atoms with Crippen LogP contribution in [0.15, 0.2) is 36.5 Å². The van der Waals surface area contributed by atoms with Crippen LogP contribution in [0, 0.1) is 0 Å². The topological polar surface area (TPSA) is 59.5 Å². The smallest absolute Gasteiger partial charge is 0.410 e. The van der Waals surface area contributed by atoms with Crippen molar-refractivity contribution in [1.82, 2.24) is 9.88 Å². The molecule has 0 radical (unpaired) electrons. The number of carbonyl (C=O) groups excluding carboxylic acids is 2. The molecule has 2 heterocycles. The SMILES string of the molecule is CC(=O)c1ccc(Cc2ccc3c(c2)CCN(C(=O)OC(C)(C)C)CC3)nc1. The summed E-state index contributed by atoms with van der Waals surface area (Å²) in [5.74, 6) is 0.0265. The maximum atomic E-state index is 12.4. The molecule has 1 aliphatic heterocycles. The number of amides is 1. The molecule has 1 aromatic heterocycles. The van der Waals surface area contributed by atoms with Crippen molar-refractivity contribution in [2.75, 3.05) is 13.1 Å². The highest BCUT2D eigenvalue weighted by molar-refractivity contribution is 5.93. The van der Waals surface area contributed by atoms with Gasteiger partial charge in [-0.05, 0) is 69.4 Å². The Kier molecular flexibility index (Phi) is 5.82. The summed E-state index contributed by atoms with van der Waals surface area (Å²) in [5, 5.41) is 0. The number of carbonyl (C=O) groups is 2. The number of ether oxygens (including phenoxy) is 1. The van der Waals surface area contributed by atoms with Crippen molar-refractivity contribution in [3.05, 3.63) is 64.5 Å². The lowest BCUT2D eigenvalue weighted by Gasteiger charge is -2.26. The number of pyridine rings is 1. The van der Waals surface area contributed by atoms with E-state index in [4.69, 9.17) is 4.74 Å². The fourth-order valence-electron chi connectivity index (χ4n) is 3.34. The van der Waals surface area contributed by atoms with Gasteiger partial charge in [-0.3, -0.25) is 9.78 Å². The van der Waals surface area contributed by atoms with Gasteiger partial charge >= 0.3 is 6.09 Å². The molecule has 1 amide bonds. The van der Waals surface area contributed by atoms with Crippen LogP contribution in [0.2, 0.25) is 0 Å². The summed E-state index contributed by atoms with van der Waals surface area (Å²) in [6.45, 7) is 8.55. The van der Waals surface area contributed by atoms with Crippen molar-refractivity contribution in [2.45, 2.75) is 52.6 Å². The molecular formula is C23H28N2O3. The van der Waals surface area contributed by atoms with Crippen LogP contribution >= 0.6 is 0 Å². The molecule has 28 heavy (non-hydrogen) atoms. The summed E-state index contributed by atoms with van der Waals surface area (Å²) < 4.78 is 5.52. The number of hydrogen-bond donors (Lipinski definition) is 0. The third-order valence-electron chi connectivity index (χ3n) is 4.84. The lowest BCUT2D eigenvalue weighted by atomic mass is 9.98. The van der Waals surface area contributed by atoms with E-state index in [1.54, 1.807) is 18.0 Å². The minimum Gasteiger partial charge on any atom is -0.444 e. The zero-order valence-corrected chi connectivity index (χ0v) is 17.1. The van der Waals surface area contributed by atoms with Crippen LogP contribution < -0.4 is 0 Å². The first-order valence-electron chi connectivity index (χ1n) is 9.76. The molecule has 0 atom stereocenters. The monoisotopic (exact) mass is 380 g/mol. The Morgan fingerprint density at radius 1 is 1.07 bits per heavy atom. The van der Waals surface area contributed by atoms with E-state index in [0.717, 1.165) is 25.0 Å². The Morgan fingerprint density at radius 3 is 2.39 bits per heavy atom. The van der Waals surface area contributed by atoms with Gasteiger partial charge in [-0.25, -0.2) is 4.79 Å². The van der Waals surface area contributed by atoms with Gasteiger partial charge in [0, 0.05) is 37.0 Å². The van der Waals surface area contributed by atoms with Crippen molar-refractivity contribution in [1.29, 1.82) is 0 Å². The molecule has 1 aliphatic rings. The first-order chi connectivity index (χ1) is 13.2. The van der Waals surface area contributed by atoms with Gasteiger partial charge in [0.25, 0.3) is 0 Å². The van der Waals surface area contributed by atoms with Gasteiger partial charge in [-0.15, -0.1) is 0 Å². The standard InChI is InChI=1S/C23H28N2O3/c1-16(26)20-7-8-21(24-15-20)14-17-5-6-18-9-11-25(12-10-19(18)13-17)22(27)28-23(2,3)4/h5-8,13,15H,9-12,14H2,1-4H3. The molecule has 0 saturated carbocycles.